The van der Waals surface area contributed by atoms with Crippen molar-refractivity contribution in [2.24, 2.45) is 23.1 Å². The van der Waals surface area contributed by atoms with Crippen LogP contribution in [0.4, 0.5) is 0 Å². The maximum Gasteiger partial charge on any atom is 0.326 e. The molecule has 314 valence electrons. The third-order valence-electron chi connectivity index (χ3n) is 8.36. The molecule has 0 bridgehead atoms. The Morgan fingerprint density at radius 1 is 0.607 bits per heavy atom. The van der Waals surface area contributed by atoms with Gasteiger partial charge >= 0.3 is 11.9 Å². The summed E-state index contributed by atoms with van der Waals surface area (Å²) in [6.07, 6.45) is -1.94. The van der Waals surface area contributed by atoms with E-state index in [1.165, 1.54) is 0 Å². The molecule has 1 rings (SSSR count). The number of nitrogens with two attached hydrogens (primary N) is 3. The summed E-state index contributed by atoms with van der Waals surface area (Å²) in [6, 6.07) is -7.93. The first kappa shape index (κ1) is 48.1. The zero-order chi connectivity index (χ0) is 42.5. The summed E-state index contributed by atoms with van der Waals surface area (Å²) >= 11 is 0. The predicted octanol–water partition coefficient (Wildman–Crippen LogP) is -4.93. The fraction of sp³-hybridized carbons (Fsp3) is 0.667. The lowest BCUT2D eigenvalue weighted by atomic mass is 10.0. The van der Waals surface area contributed by atoms with E-state index < -0.39 is 134 Å². The molecule has 0 aliphatic carbocycles. The summed E-state index contributed by atoms with van der Waals surface area (Å²) in [5.41, 5.74) is 15.5. The monoisotopic (exact) mass is 798 g/mol. The van der Waals surface area contributed by atoms with Crippen molar-refractivity contribution in [1.82, 2.24) is 37.2 Å². The summed E-state index contributed by atoms with van der Waals surface area (Å²) in [7, 11) is 0. The van der Waals surface area contributed by atoms with Gasteiger partial charge in [0.25, 0.3) is 0 Å². The molecule has 1 fully saturated rings. The Labute approximate surface area is 322 Å². The lowest BCUT2D eigenvalue weighted by molar-refractivity contribution is -0.143. The lowest BCUT2D eigenvalue weighted by Gasteiger charge is -2.26. The van der Waals surface area contributed by atoms with Crippen LogP contribution < -0.4 is 54.4 Å². The summed E-state index contributed by atoms with van der Waals surface area (Å²) in [5.74, 6) is -10.9. The van der Waals surface area contributed by atoms with Crippen LogP contribution in [0.1, 0.15) is 84.5 Å². The average molecular weight is 799 g/mol. The van der Waals surface area contributed by atoms with Gasteiger partial charge in [0.1, 0.15) is 30.2 Å². The first-order valence-electron chi connectivity index (χ1n) is 18.0. The molecule has 6 atom stereocenters. The number of hydrogen-bond donors (Lipinski definition) is 12. The summed E-state index contributed by atoms with van der Waals surface area (Å²) in [5, 5.41) is 35.8. The van der Waals surface area contributed by atoms with Gasteiger partial charge in [-0.15, -0.1) is 0 Å². The van der Waals surface area contributed by atoms with Crippen molar-refractivity contribution in [2.45, 2.75) is 121 Å². The second-order valence-corrected chi connectivity index (χ2v) is 13.6. The molecular weight excluding hydrogens is 744 g/mol. The van der Waals surface area contributed by atoms with Crippen molar-refractivity contribution in [2.75, 3.05) is 13.1 Å². The normalized spacial score (nSPS) is 16.2. The number of amides is 9. The van der Waals surface area contributed by atoms with E-state index in [-0.39, 0.29) is 38.0 Å². The van der Waals surface area contributed by atoms with Crippen molar-refractivity contribution in [3.63, 3.8) is 0 Å². The fourth-order valence-corrected chi connectivity index (χ4v) is 5.43. The standard InChI is InChI=1S/C33H54N10O13/c1-16(2)14-22(32(54)42-21(33(55)56)7-11-25(36)46)43-31(53)20(6-10-24(35)45)41-30(52)19(8-12-27(48)49)39-26(47)15-38-28(50)18(5-9-23(34)44)40-29(51)17-4-3-13-37-17/h16-22,37H,3-15H2,1-2H3,(H2,34,44)(H2,35,45)(H2,36,46)(H,38,50)(H,39,47)(H,40,51)(H,41,52)(H,42,54)(H,43,53)(H,48,49)(H,55,56)/t17-,18-,19-,20-,21-,22-/m0/s1. The Kier molecular flexibility index (Phi) is 21.1. The third kappa shape index (κ3) is 19.5. The molecule has 1 aliphatic heterocycles. The van der Waals surface area contributed by atoms with Gasteiger partial charge < -0.3 is 64.6 Å². The van der Waals surface area contributed by atoms with Crippen molar-refractivity contribution in [3.8, 4) is 0 Å². The predicted molar refractivity (Wildman–Crippen MR) is 193 cm³/mol. The first-order valence-corrected chi connectivity index (χ1v) is 18.0. The molecule has 0 radical (unpaired) electrons. The van der Waals surface area contributed by atoms with E-state index in [9.17, 15) is 63.0 Å². The van der Waals surface area contributed by atoms with Crippen LogP contribution in [0.2, 0.25) is 0 Å². The number of carbonyl (C=O) groups excluding carboxylic acids is 9. The van der Waals surface area contributed by atoms with E-state index in [0.29, 0.717) is 13.0 Å². The molecular formula is C33H54N10O13. The highest BCUT2D eigenvalue weighted by molar-refractivity contribution is 5.96. The summed E-state index contributed by atoms with van der Waals surface area (Å²) in [6.45, 7) is 3.22. The Bertz CT molecular complexity index is 1470. The van der Waals surface area contributed by atoms with Crippen LogP contribution in [0.25, 0.3) is 0 Å². The fourth-order valence-electron chi connectivity index (χ4n) is 5.43. The molecule has 0 spiro atoms. The molecule has 1 aliphatic rings. The van der Waals surface area contributed by atoms with E-state index in [1.54, 1.807) is 13.8 Å². The van der Waals surface area contributed by atoms with Gasteiger partial charge in [-0.1, -0.05) is 13.8 Å². The van der Waals surface area contributed by atoms with E-state index >= 15 is 0 Å². The van der Waals surface area contributed by atoms with Crippen LogP contribution >= 0.6 is 0 Å². The van der Waals surface area contributed by atoms with Crippen molar-refractivity contribution in [1.29, 1.82) is 0 Å². The highest BCUT2D eigenvalue weighted by atomic mass is 16.4. The van der Waals surface area contributed by atoms with Crippen LogP contribution in [0.15, 0.2) is 0 Å². The summed E-state index contributed by atoms with van der Waals surface area (Å²) < 4.78 is 0. The molecule has 56 heavy (non-hydrogen) atoms. The molecule has 0 unspecified atom stereocenters. The van der Waals surface area contributed by atoms with Gasteiger partial charge in [0.05, 0.1) is 12.6 Å². The van der Waals surface area contributed by atoms with Crippen LogP contribution in [0.3, 0.4) is 0 Å². The summed E-state index contributed by atoms with van der Waals surface area (Å²) in [4.78, 5) is 136. The molecule has 15 N–H and O–H groups in total. The van der Waals surface area contributed by atoms with Crippen molar-refractivity contribution in [3.05, 3.63) is 0 Å². The highest BCUT2D eigenvalue weighted by Crippen LogP contribution is 2.10. The molecule has 0 aromatic heterocycles. The first-order chi connectivity index (χ1) is 26.2. The Morgan fingerprint density at radius 2 is 1.05 bits per heavy atom. The third-order valence-corrected chi connectivity index (χ3v) is 8.36. The Hall–Kier alpha value is -5.87. The zero-order valence-electron chi connectivity index (χ0n) is 31.4. The van der Waals surface area contributed by atoms with Gasteiger partial charge in [-0.25, -0.2) is 4.79 Å². The molecule has 9 amide bonds. The minimum atomic E-state index is -1.62. The maximum atomic E-state index is 13.5. The van der Waals surface area contributed by atoms with Gasteiger partial charge in [0, 0.05) is 25.7 Å². The quantitative estimate of drug-likeness (QED) is 0.0371. The number of primary amides is 3. The number of aliphatic carboxylic acids is 2. The minimum Gasteiger partial charge on any atom is -0.481 e. The van der Waals surface area contributed by atoms with E-state index in [0.717, 1.165) is 6.42 Å². The van der Waals surface area contributed by atoms with Gasteiger partial charge in [0.2, 0.25) is 53.2 Å². The molecule has 1 saturated heterocycles. The molecule has 0 aromatic carbocycles. The number of carboxylic acid groups (broad SMARTS) is 2. The Balaban J connectivity index is 3.14. The number of hydrogen-bond acceptors (Lipinski definition) is 12. The van der Waals surface area contributed by atoms with Crippen molar-refractivity contribution >= 4 is 65.1 Å². The number of carbonyl (C=O) groups is 11. The molecule has 0 aromatic rings. The molecule has 23 heteroatoms. The van der Waals surface area contributed by atoms with Crippen LogP contribution in [0.5, 0.6) is 0 Å². The average Bonchev–Trinajstić information content (AvgIpc) is 3.65. The largest absolute Gasteiger partial charge is 0.481 e. The number of nitrogens with one attached hydrogen (secondary N) is 7. The van der Waals surface area contributed by atoms with Crippen molar-refractivity contribution < 1.29 is 63.0 Å². The highest BCUT2D eigenvalue weighted by Gasteiger charge is 2.33. The van der Waals surface area contributed by atoms with Crippen LogP contribution in [-0.4, -0.2) is 125 Å². The number of carboxylic acids is 2. The SMILES string of the molecule is CC(C)C[C@H](NC(=O)[C@H](CCC(N)=O)NC(=O)[C@H](CCC(=O)O)NC(=O)CNC(=O)[C@H](CCC(N)=O)NC(=O)[C@@H]1CCCN1)C(=O)N[C@@H](CCC(N)=O)C(=O)O. The van der Waals surface area contributed by atoms with Gasteiger partial charge in [-0.2, -0.15) is 0 Å². The van der Waals surface area contributed by atoms with Crippen LogP contribution in [0, 0.1) is 5.92 Å². The smallest absolute Gasteiger partial charge is 0.326 e. The zero-order valence-corrected chi connectivity index (χ0v) is 31.4. The Morgan fingerprint density at radius 3 is 1.52 bits per heavy atom. The maximum absolute atomic E-state index is 13.5. The second-order valence-electron chi connectivity index (χ2n) is 13.6. The lowest BCUT2D eigenvalue weighted by Crippen LogP contribution is -2.58. The second kappa shape index (κ2) is 24.5. The van der Waals surface area contributed by atoms with Gasteiger partial charge in [-0.3, -0.25) is 47.9 Å². The number of rotatable bonds is 27. The topological polar surface area (TPSA) is 390 Å². The minimum absolute atomic E-state index is 0.0240. The molecule has 1 heterocycles. The van der Waals surface area contributed by atoms with E-state index in [1.807, 2.05) is 0 Å². The van der Waals surface area contributed by atoms with Gasteiger partial charge in [-0.05, 0) is 57.4 Å². The van der Waals surface area contributed by atoms with Gasteiger partial charge in [0.15, 0.2) is 0 Å². The van der Waals surface area contributed by atoms with E-state index in [4.69, 9.17) is 17.2 Å². The molecule has 0 saturated carbocycles. The van der Waals surface area contributed by atoms with E-state index in [2.05, 4.69) is 37.2 Å². The van der Waals surface area contributed by atoms with Crippen LogP contribution in [-0.2, 0) is 52.7 Å². The molecule has 23 nitrogen and oxygen atoms in total.